The average Bonchev–Trinajstić information content (AvgIpc) is 2.45. The Kier molecular flexibility index (Phi) is 6.09. The minimum absolute atomic E-state index is 0.0224. The third-order valence-electron chi connectivity index (χ3n) is 4.04. The third-order valence-corrected chi connectivity index (χ3v) is 4.04. The van der Waals surface area contributed by atoms with Crippen molar-refractivity contribution in [1.29, 1.82) is 0 Å². The summed E-state index contributed by atoms with van der Waals surface area (Å²) >= 11 is 0. The number of esters is 2. The Labute approximate surface area is 131 Å². The highest BCUT2D eigenvalue weighted by atomic mass is 16.5. The van der Waals surface area contributed by atoms with Gasteiger partial charge in [0, 0.05) is 11.0 Å². The number of hydrogen-bond donors (Lipinski definition) is 0. The summed E-state index contributed by atoms with van der Waals surface area (Å²) in [6.07, 6.45) is 2.98. The quantitative estimate of drug-likeness (QED) is 0.557. The average molecular weight is 308 g/mol. The van der Waals surface area contributed by atoms with Gasteiger partial charge in [0.15, 0.2) is 5.78 Å². The second-order valence-corrected chi connectivity index (χ2v) is 5.60. The van der Waals surface area contributed by atoms with Gasteiger partial charge < -0.3 is 9.47 Å². The first-order chi connectivity index (χ1) is 10.3. The van der Waals surface area contributed by atoms with Gasteiger partial charge in [0.1, 0.15) is 5.92 Å². The van der Waals surface area contributed by atoms with Gasteiger partial charge in [-0.25, -0.2) is 4.79 Å². The Hall–Kier alpha value is -1.91. The molecule has 1 rings (SSSR count). The van der Waals surface area contributed by atoms with Gasteiger partial charge in [-0.1, -0.05) is 19.6 Å². The molecular formula is C17H24O5. The van der Waals surface area contributed by atoms with Crippen LogP contribution in [0.5, 0.6) is 0 Å². The highest BCUT2D eigenvalue weighted by molar-refractivity contribution is 6.05. The van der Waals surface area contributed by atoms with Crippen molar-refractivity contribution < 1.29 is 23.9 Å². The van der Waals surface area contributed by atoms with Crippen molar-refractivity contribution in [2.45, 2.75) is 40.5 Å². The number of carbonyl (C=O) groups is 3. The van der Waals surface area contributed by atoms with Crippen LogP contribution in [0.15, 0.2) is 23.8 Å². The van der Waals surface area contributed by atoms with Crippen molar-refractivity contribution >= 4 is 17.7 Å². The largest absolute Gasteiger partial charge is 0.465 e. The molecule has 22 heavy (non-hydrogen) atoms. The van der Waals surface area contributed by atoms with E-state index in [1.807, 2.05) is 6.08 Å². The molecule has 0 aromatic rings. The molecule has 1 aliphatic carbocycles. The molecule has 2 atom stereocenters. The maximum atomic E-state index is 12.6. The summed E-state index contributed by atoms with van der Waals surface area (Å²) in [5.74, 6) is -2.45. The lowest BCUT2D eigenvalue weighted by atomic mass is 9.64. The van der Waals surface area contributed by atoms with Crippen LogP contribution >= 0.6 is 0 Å². The Bertz CT molecular complexity index is 517. The molecule has 122 valence electrons. The van der Waals surface area contributed by atoms with E-state index >= 15 is 0 Å². The standard InChI is InChI=1S/C17H24O5/c1-6-21-15(19)12(4)13(16(20)22-7-2)17(5)10-8-9-11(3)14(17)18/h9,13H,4,6-8,10H2,1-3,5H3/t13-,17+/m1/s1. The molecule has 0 unspecified atom stereocenters. The summed E-state index contributed by atoms with van der Waals surface area (Å²) in [6.45, 7) is 10.8. The van der Waals surface area contributed by atoms with E-state index in [1.54, 1.807) is 27.7 Å². The van der Waals surface area contributed by atoms with E-state index in [-0.39, 0.29) is 24.6 Å². The number of rotatable bonds is 6. The fourth-order valence-corrected chi connectivity index (χ4v) is 2.87. The van der Waals surface area contributed by atoms with Crippen molar-refractivity contribution in [3.63, 3.8) is 0 Å². The smallest absolute Gasteiger partial charge is 0.334 e. The van der Waals surface area contributed by atoms with Crippen molar-refractivity contribution in [2.24, 2.45) is 11.3 Å². The first-order valence-electron chi connectivity index (χ1n) is 7.53. The number of ether oxygens (including phenoxy) is 2. The Morgan fingerprint density at radius 2 is 1.91 bits per heavy atom. The van der Waals surface area contributed by atoms with Crippen molar-refractivity contribution in [2.75, 3.05) is 13.2 Å². The van der Waals surface area contributed by atoms with Crippen LogP contribution in [0, 0.1) is 11.3 Å². The van der Waals surface area contributed by atoms with Crippen LogP contribution < -0.4 is 0 Å². The fraction of sp³-hybridized carbons (Fsp3) is 0.588. The molecule has 0 bridgehead atoms. The molecule has 0 heterocycles. The van der Waals surface area contributed by atoms with Gasteiger partial charge in [-0.05, 0) is 39.2 Å². The summed E-state index contributed by atoms with van der Waals surface area (Å²) in [6, 6.07) is 0. The van der Waals surface area contributed by atoms with Crippen molar-refractivity contribution in [1.82, 2.24) is 0 Å². The first-order valence-corrected chi connectivity index (χ1v) is 7.53. The maximum Gasteiger partial charge on any atom is 0.334 e. The number of allylic oxidation sites excluding steroid dienone is 2. The number of Topliss-reactive ketones (excluding diaryl/α,β-unsaturated/α-hetero) is 1. The van der Waals surface area contributed by atoms with Gasteiger partial charge in [0.2, 0.25) is 0 Å². The second kappa shape index (κ2) is 7.38. The first kappa shape index (κ1) is 18.1. The molecule has 0 aromatic carbocycles. The molecule has 0 spiro atoms. The molecule has 0 saturated heterocycles. The molecule has 5 nitrogen and oxygen atoms in total. The van der Waals surface area contributed by atoms with Crippen molar-refractivity contribution in [3.8, 4) is 0 Å². The van der Waals surface area contributed by atoms with E-state index in [2.05, 4.69) is 6.58 Å². The van der Waals surface area contributed by atoms with E-state index in [4.69, 9.17) is 9.47 Å². The topological polar surface area (TPSA) is 69.7 Å². The SMILES string of the molecule is C=C(C(=O)OCC)[C@H](C(=O)OCC)[C@]1(C)CCC=C(C)C1=O. The molecule has 0 radical (unpaired) electrons. The molecule has 1 aliphatic rings. The van der Waals surface area contributed by atoms with Gasteiger partial charge >= 0.3 is 11.9 Å². The maximum absolute atomic E-state index is 12.6. The van der Waals surface area contributed by atoms with Gasteiger partial charge in [-0.3, -0.25) is 9.59 Å². The molecule has 0 saturated carbocycles. The summed E-state index contributed by atoms with van der Waals surface area (Å²) in [5, 5.41) is 0. The molecule has 0 N–H and O–H groups in total. The predicted molar refractivity (Wildman–Crippen MR) is 82.0 cm³/mol. The Morgan fingerprint density at radius 1 is 1.32 bits per heavy atom. The second-order valence-electron chi connectivity index (χ2n) is 5.60. The minimum Gasteiger partial charge on any atom is -0.465 e. The molecule has 0 amide bonds. The van der Waals surface area contributed by atoms with Crippen LogP contribution in [0.25, 0.3) is 0 Å². The molecule has 0 aliphatic heterocycles. The lowest BCUT2D eigenvalue weighted by molar-refractivity contribution is -0.157. The van der Waals surface area contributed by atoms with Gasteiger partial charge in [-0.2, -0.15) is 0 Å². The minimum atomic E-state index is -1.03. The fourth-order valence-electron chi connectivity index (χ4n) is 2.87. The van der Waals surface area contributed by atoms with Crippen LogP contribution in [0.2, 0.25) is 0 Å². The van der Waals surface area contributed by atoms with E-state index in [9.17, 15) is 14.4 Å². The number of ketones is 1. The lowest BCUT2D eigenvalue weighted by Gasteiger charge is -2.37. The van der Waals surface area contributed by atoms with Gasteiger partial charge in [0.05, 0.1) is 13.2 Å². The summed E-state index contributed by atoms with van der Waals surface area (Å²) in [7, 11) is 0. The van der Waals surface area contributed by atoms with E-state index in [0.29, 0.717) is 18.4 Å². The van der Waals surface area contributed by atoms with E-state index < -0.39 is 23.3 Å². The zero-order chi connectivity index (χ0) is 16.9. The van der Waals surface area contributed by atoms with Crippen LogP contribution in [-0.2, 0) is 23.9 Å². The molecular weight excluding hydrogens is 284 g/mol. The van der Waals surface area contributed by atoms with Gasteiger partial charge in [-0.15, -0.1) is 0 Å². The number of hydrogen-bond acceptors (Lipinski definition) is 5. The zero-order valence-corrected chi connectivity index (χ0v) is 13.7. The summed E-state index contributed by atoms with van der Waals surface area (Å²) in [5.41, 5.74) is -0.458. The van der Waals surface area contributed by atoms with Crippen LogP contribution in [-0.4, -0.2) is 30.9 Å². The zero-order valence-electron chi connectivity index (χ0n) is 13.7. The van der Waals surface area contributed by atoms with Crippen LogP contribution in [0.4, 0.5) is 0 Å². The Morgan fingerprint density at radius 3 is 2.45 bits per heavy atom. The van der Waals surface area contributed by atoms with Crippen LogP contribution in [0.1, 0.15) is 40.5 Å². The number of carbonyl (C=O) groups excluding carboxylic acids is 3. The monoisotopic (exact) mass is 308 g/mol. The Balaban J connectivity index is 3.23. The highest BCUT2D eigenvalue weighted by Crippen LogP contribution is 2.43. The lowest BCUT2D eigenvalue weighted by Crippen LogP contribution is -2.45. The molecule has 0 aromatic heterocycles. The summed E-state index contributed by atoms with van der Waals surface area (Å²) in [4.78, 5) is 37.0. The normalized spacial score (nSPS) is 22.5. The van der Waals surface area contributed by atoms with Gasteiger partial charge in [0.25, 0.3) is 0 Å². The van der Waals surface area contributed by atoms with E-state index in [1.165, 1.54) is 0 Å². The third kappa shape index (κ3) is 3.46. The summed E-state index contributed by atoms with van der Waals surface area (Å²) < 4.78 is 10.0. The van der Waals surface area contributed by atoms with Crippen molar-refractivity contribution in [3.05, 3.63) is 23.8 Å². The van der Waals surface area contributed by atoms with E-state index in [0.717, 1.165) is 0 Å². The predicted octanol–water partition coefficient (Wildman–Crippen LogP) is 2.60. The molecule has 5 heteroatoms. The highest BCUT2D eigenvalue weighted by Gasteiger charge is 2.50. The molecule has 0 fully saturated rings. The van der Waals surface area contributed by atoms with Crippen LogP contribution in [0.3, 0.4) is 0 Å².